The Kier molecular flexibility index (Phi) is 4.02. The molecule has 0 aliphatic heterocycles. The molecule has 1 N–H and O–H groups in total. The number of hydrogen-bond donors (Lipinski definition) is 1. The summed E-state index contributed by atoms with van der Waals surface area (Å²) >= 11 is 5.89. The Bertz CT molecular complexity index is 787. The van der Waals surface area contributed by atoms with E-state index < -0.39 is 11.6 Å². The van der Waals surface area contributed by atoms with Crippen LogP contribution in [0.25, 0.3) is 11.5 Å². The van der Waals surface area contributed by atoms with Crippen molar-refractivity contribution in [2.45, 2.75) is 6.54 Å². The highest BCUT2D eigenvalue weighted by molar-refractivity contribution is 6.30. The second kappa shape index (κ2) is 6.11. The molecule has 112 valence electrons. The maximum absolute atomic E-state index is 13.5. The third-order valence-corrected chi connectivity index (χ3v) is 3.15. The summed E-state index contributed by atoms with van der Waals surface area (Å²) in [6, 6.07) is 10.6. The van der Waals surface area contributed by atoms with Crippen LogP contribution in [-0.4, -0.2) is 10.2 Å². The van der Waals surface area contributed by atoms with Gasteiger partial charge in [-0.2, -0.15) is 0 Å². The Morgan fingerprint density at radius 1 is 1.05 bits per heavy atom. The van der Waals surface area contributed by atoms with E-state index in [-0.39, 0.29) is 24.0 Å². The lowest BCUT2D eigenvalue weighted by Gasteiger charge is -2.05. The Hall–Kier alpha value is -2.47. The van der Waals surface area contributed by atoms with Crippen LogP contribution in [0, 0.1) is 11.6 Å². The molecule has 0 fully saturated rings. The zero-order valence-corrected chi connectivity index (χ0v) is 11.9. The average Bonchev–Trinajstić information content (AvgIpc) is 2.96. The van der Waals surface area contributed by atoms with Crippen LogP contribution < -0.4 is 5.32 Å². The fourth-order valence-electron chi connectivity index (χ4n) is 1.89. The fourth-order valence-corrected chi connectivity index (χ4v) is 2.08. The lowest BCUT2D eigenvalue weighted by atomic mass is 10.2. The second-order valence-corrected chi connectivity index (χ2v) is 4.90. The summed E-state index contributed by atoms with van der Waals surface area (Å²) < 4.78 is 32.4. The lowest BCUT2D eigenvalue weighted by molar-refractivity contribution is 0.512. The Balaban J connectivity index is 1.75. The third-order valence-electron chi connectivity index (χ3n) is 2.92. The maximum atomic E-state index is 13.5. The van der Waals surface area contributed by atoms with E-state index in [0.717, 1.165) is 12.1 Å². The van der Waals surface area contributed by atoms with Gasteiger partial charge in [-0.1, -0.05) is 23.7 Å². The monoisotopic (exact) mass is 321 g/mol. The number of hydrogen-bond acceptors (Lipinski definition) is 4. The summed E-state index contributed by atoms with van der Waals surface area (Å²) in [5, 5.41) is 10.9. The molecule has 0 spiro atoms. The van der Waals surface area contributed by atoms with E-state index in [1.54, 1.807) is 24.3 Å². The molecular formula is C15H10ClF2N3O. The van der Waals surface area contributed by atoms with E-state index in [2.05, 4.69) is 15.5 Å². The molecule has 1 heterocycles. The molecule has 4 nitrogen and oxygen atoms in total. The van der Waals surface area contributed by atoms with Crippen molar-refractivity contribution < 1.29 is 13.2 Å². The van der Waals surface area contributed by atoms with Crippen molar-refractivity contribution in [3.05, 3.63) is 65.0 Å². The first-order valence-corrected chi connectivity index (χ1v) is 6.77. The van der Waals surface area contributed by atoms with Crippen LogP contribution in [0.3, 0.4) is 0 Å². The van der Waals surface area contributed by atoms with Crippen LogP contribution >= 0.6 is 11.6 Å². The van der Waals surface area contributed by atoms with Crippen molar-refractivity contribution in [2.75, 3.05) is 5.32 Å². The number of halogens is 3. The molecule has 0 bridgehead atoms. The molecule has 1 aromatic heterocycles. The van der Waals surface area contributed by atoms with Gasteiger partial charge in [0.1, 0.15) is 17.3 Å². The Morgan fingerprint density at radius 3 is 2.50 bits per heavy atom. The topological polar surface area (TPSA) is 51.0 Å². The largest absolute Gasteiger partial charge is 0.419 e. The van der Waals surface area contributed by atoms with E-state index in [0.29, 0.717) is 10.6 Å². The molecule has 7 heteroatoms. The van der Waals surface area contributed by atoms with E-state index in [4.69, 9.17) is 16.0 Å². The normalized spacial score (nSPS) is 10.7. The van der Waals surface area contributed by atoms with Crippen molar-refractivity contribution in [3.8, 4) is 11.5 Å². The van der Waals surface area contributed by atoms with Crippen LogP contribution in [0.15, 0.2) is 46.9 Å². The van der Waals surface area contributed by atoms with Crippen molar-refractivity contribution in [1.82, 2.24) is 10.2 Å². The van der Waals surface area contributed by atoms with Crippen molar-refractivity contribution in [3.63, 3.8) is 0 Å². The first kappa shape index (κ1) is 14.5. The van der Waals surface area contributed by atoms with Gasteiger partial charge in [-0.3, -0.25) is 0 Å². The molecule has 0 saturated heterocycles. The minimum absolute atomic E-state index is 0.00538. The van der Waals surface area contributed by atoms with Crippen LogP contribution in [0.4, 0.5) is 14.5 Å². The SMILES string of the molecule is Fc1cccc(F)c1NCc1nnc(-c2cccc(Cl)c2)o1. The first-order valence-electron chi connectivity index (χ1n) is 6.39. The summed E-state index contributed by atoms with van der Waals surface area (Å²) in [5.41, 5.74) is 0.438. The van der Waals surface area contributed by atoms with Gasteiger partial charge in [0.15, 0.2) is 0 Å². The molecule has 0 unspecified atom stereocenters. The molecule has 0 atom stereocenters. The van der Waals surface area contributed by atoms with Gasteiger partial charge in [0, 0.05) is 10.6 Å². The number of aromatic nitrogens is 2. The highest BCUT2D eigenvalue weighted by atomic mass is 35.5. The highest BCUT2D eigenvalue weighted by Crippen LogP contribution is 2.22. The van der Waals surface area contributed by atoms with Gasteiger partial charge in [0.2, 0.25) is 11.8 Å². The highest BCUT2D eigenvalue weighted by Gasteiger charge is 2.12. The number of benzene rings is 2. The zero-order chi connectivity index (χ0) is 15.5. The number of nitrogens with one attached hydrogen (secondary N) is 1. The molecule has 3 aromatic rings. The predicted molar refractivity (Wildman–Crippen MR) is 78.4 cm³/mol. The molecular weight excluding hydrogens is 312 g/mol. The standard InChI is InChI=1S/C15H10ClF2N3O/c16-10-4-1-3-9(7-10)15-21-20-13(22-15)8-19-14-11(17)5-2-6-12(14)18/h1-7,19H,8H2. The lowest BCUT2D eigenvalue weighted by Crippen LogP contribution is -2.04. The second-order valence-electron chi connectivity index (χ2n) is 4.46. The van der Waals surface area contributed by atoms with E-state index in [9.17, 15) is 8.78 Å². The number of rotatable bonds is 4. The molecule has 0 aliphatic rings. The fraction of sp³-hybridized carbons (Fsp3) is 0.0667. The van der Waals surface area contributed by atoms with E-state index in [1.165, 1.54) is 6.07 Å². The van der Waals surface area contributed by atoms with Crippen LogP contribution in [-0.2, 0) is 6.54 Å². The molecule has 0 radical (unpaired) electrons. The molecule has 0 aliphatic carbocycles. The summed E-state index contributed by atoms with van der Waals surface area (Å²) in [4.78, 5) is 0. The predicted octanol–water partition coefficient (Wildman–Crippen LogP) is 4.28. The third kappa shape index (κ3) is 3.07. The zero-order valence-electron chi connectivity index (χ0n) is 11.2. The summed E-state index contributed by atoms with van der Waals surface area (Å²) in [7, 11) is 0. The molecule has 22 heavy (non-hydrogen) atoms. The Morgan fingerprint density at radius 2 is 1.77 bits per heavy atom. The number of para-hydroxylation sites is 1. The van der Waals surface area contributed by atoms with Gasteiger partial charge in [-0.05, 0) is 30.3 Å². The minimum Gasteiger partial charge on any atom is -0.419 e. The summed E-state index contributed by atoms with van der Waals surface area (Å²) in [6.07, 6.45) is 0. The molecule has 3 rings (SSSR count). The van der Waals surface area contributed by atoms with Gasteiger partial charge >= 0.3 is 0 Å². The number of anilines is 1. The summed E-state index contributed by atoms with van der Waals surface area (Å²) in [5.74, 6) is -0.880. The number of nitrogens with zero attached hydrogens (tertiary/aromatic N) is 2. The van der Waals surface area contributed by atoms with Crippen LogP contribution in [0.1, 0.15) is 5.89 Å². The molecule has 0 amide bonds. The van der Waals surface area contributed by atoms with Gasteiger partial charge in [-0.15, -0.1) is 10.2 Å². The smallest absolute Gasteiger partial charge is 0.247 e. The minimum atomic E-state index is -0.686. The van der Waals surface area contributed by atoms with Crippen molar-refractivity contribution >= 4 is 17.3 Å². The van der Waals surface area contributed by atoms with Gasteiger partial charge in [0.25, 0.3) is 0 Å². The Labute approximate surface area is 129 Å². The summed E-state index contributed by atoms with van der Waals surface area (Å²) in [6.45, 7) is 0.00538. The molecule has 2 aromatic carbocycles. The first-order chi connectivity index (χ1) is 10.6. The van der Waals surface area contributed by atoms with Crippen LogP contribution in [0.5, 0.6) is 0 Å². The molecule has 0 saturated carbocycles. The average molecular weight is 322 g/mol. The van der Waals surface area contributed by atoms with Crippen LogP contribution in [0.2, 0.25) is 5.02 Å². The van der Waals surface area contributed by atoms with Gasteiger partial charge in [0.05, 0.1) is 6.54 Å². The quantitative estimate of drug-likeness (QED) is 0.779. The van der Waals surface area contributed by atoms with E-state index in [1.807, 2.05) is 0 Å². The van der Waals surface area contributed by atoms with Gasteiger partial charge < -0.3 is 9.73 Å². The van der Waals surface area contributed by atoms with Crippen molar-refractivity contribution in [1.29, 1.82) is 0 Å². The van der Waals surface area contributed by atoms with Crippen molar-refractivity contribution in [2.24, 2.45) is 0 Å². The maximum Gasteiger partial charge on any atom is 0.247 e. The van der Waals surface area contributed by atoms with E-state index >= 15 is 0 Å². The van der Waals surface area contributed by atoms with Gasteiger partial charge in [-0.25, -0.2) is 8.78 Å².